The Morgan fingerprint density at radius 2 is 0.692 bits per heavy atom. The monoisotopic (exact) mass is 1470 g/mol. The number of esters is 1. The summed E-state index contributed by atoms with van der Waals surface area (Å²) in [6.07, 6.45) is -10.4. The van der Waals surface area contributed by atoms with E-state index in [1.54, 1.807) is 0 Å². The Morgan fingerprint density at radius 1 is 0.336 bits per heavy atom. The van der Waals surface area contributed by atoms with Crippen LogP contribution in [-0.2, 0) is 127 Å². The lowest BCUT2D eigenvalue weighted by atomic mass is 9.95. The van der Waals surface area contributed by atoms with Crippen LogP contribution in [0.25, 0.3) is 0 Å². The summed E-state index contributed by atoms with van der Waals surface area (Å²) >= 11 is 0. The molecule has 5 heterocycles. The second kappa shape index (κ2) is 42.0. The first kappa shape index (κ1) is 79.9. The van der Waals surface area contributed by atoms with Gasteiger partial charge in [0, 0.05) is 6.42 Å². The van der Waals surface area contributed by atoms with Gasteiger partial charge in [-0.15, -0.1) is 0 Å². The normalized spacial score (nSPS) is 31.4. The van der Waals surface area contributed by atoms with Gasteiger partial charge >= 0.3 is 5.97 Å². The van der Waals surface area contributed by atoms with Crippen molar-refractivity contribution in [1.82, 2.24) is 0 Å². The van der Waals surface area contributed by atoms with E-state index in [4.69, 9.17) is 75.8 Å². The lowest BCUT2D eigenvalue weighted by Gasteiger charge is -2.52. The molecule has 21 atom stereocenters. The Hall–Kier alpha value is -6.63. The number of carbonyl (C=O) groups is 1. The van der Waals surface area contributed by atoms with Crippen LogP contribution < -0.4 is 0 Å². The average Bonchev–Trinajstić information content (AvgIpc) is 0.746. The Bertz CT molecular complexity index is 3590. The molecule has 18 heteroatoms. The third kappa shape index (κ3) is 23.2. The van der Waals surface area contributed by atoms with Crippen LogP contribution in [0.3, 0.4) is 0 Å². The number of unbranched alkanes of at least 4 members (excludes halogenated alkanes) is 2. The summed E-state index contributed by atoms with van der Waals surface area (Å²) in [5, 5.41) is 13.0. The number of fused-ring (bicyclic) bond motifs is 4. The van der Waals surface area contributed by atoms with Crippen molar-refractivity contribution in [1.29, 1.82) is 0 Å². The highest BCUT2D eigenvalue weighted by molar-refractivity contribution is 5.69. The van der Waals surface area contributed by atoms with Crippen molar-refractivity contribution < 1.29 is 85.7 Å². The van der Waals surface area contributed by atoms with E-state index in [0.29, 0.717) is 6.42 Å². The Kier molecular flexibility index (Phi) is 31.3. The minimum atomic E-state index is -1.48. The van der Waals surface area contributed by atoms with Crippen LogP contribution in [0.5, 0.6) is 0 Å². The molecule has 0 aliphatic carbocycles. The van der Waals surface area contributed by atoms with E-state index >= 15 is 0 Å². The zero-order valence-electron chi connectivity index (χ0n) is 62.9. The van der Waals surface area contributed by atoms with E-state index in [9.17, 15) is 9.90 Å². The van der Waals surface area contributed by atoms with Crippen molar-refractivity contribution in [3.05, 3.63) is 251 Å². The van der Waals surface area contributed by atoms with Gasteiger partial charge in [-0.05, 0) is 85.9 Å². The van der Waals surface area contributed by atoms with E-state index in [2.05, 4.69) is 6.92 Å². The minimum Gasteiger partial charge on any atom is -0.454 e. The van der Waals surface area contributed by atoms with Gasteiger partial charge in [0.25, 0.3) is 0 Å². The molecule has 5 aliphatic heterocycles. The number of aliphatic hydroxyl groups excluding tert-OH is 1. The number of hydrogen-bond donors (Lipinski definition) is 1. The highest BCUT2D eigenvalue weighted by Gasteiger charge is 2.59. The lowest BCUT2D eigenvalue weighted by Crippen LogP contribution is -2.68. The van der Waals surface area contributed by atoms with Crippen LogP contribution in [0.1, 0.15) is 157 Å². The minimum absolute atomic E-state index is 0.102. The number of carbonyl (C=O) groups excluding carboxylic acids is 1. The van der Waals surface area contributed by atoms with Gasteiger partial charge in [0.2, 0.25) is 0 Å². The zero-order valence-corrected chi connectivity index (χ0v) is 62.9. The van der Waals surface area contributed by atoms with E-state index in [0.717, 1.165) is 110 Å². The third-order valence-electron chi connectivity index (χ3n) is 20.9. The number of hydrogen-bond acceptors (Lipinski definition) is 18. The molecule has 0 unspecified atom stereocenters. The van der Waals surface area contributed by atoms with Gasteiger partial charge in [0.05, 0.1) is 76.8 Å². The fraction of sp³-hybridized carbons (Fsp3) is 0.517. The Balaban J connectivity index is 1.01. The fourth-order valence-electron chi connectivity index (χ4n) is 15.1. The molecule has 5 fully saturated rings. The standard InChI is InChI=1S/C89H112O18/c1-6-7-20-51-72-52-35-11-9-8-10-12-36-53-73(90)104-79-74(91)75(92-54-65-37-21-13-22-38-65)61(2)99-86(79)105-82-78(95-57-68-43-27-16-28-44-68)64(5)102-89(106-84-81(97-59-70-47-31-18-32-48-70)77(63(4)101-88(84)103-72)94-56-67-41-25-15-26-42-67)85(82)107-87-83(98-60-71-49-33-19-34-50-71)80(96-58-69-45-29-17-30-46-69)76(62(3)100-87)93-55-66-39-23-14-24-40-66/h13-19,21-34,37-50,61-64,72,74-89,91H,6-12,20,35-36,51-60H2,1-5H3/t61-,62+,63-,64-,72+,74+,75-,76+,77-,78-,79-,80-,81+,82+,83-,84-,85-,86+,87+,88+,89+/m1/s1. The Morgan fingerprint density at radius 3 is 1.17 bits per heavy atom. The topological polar surface area (TPSA) is 185 Å². The van der Waals surface area contributed by atoms with Crippen molar-refractivity contribution >= 4 is 5.97 Å². The van der Waals surface area contributed by atoms with E-state index < -0.39 is 129 Å². The second-order valence-corrected chi connectivity index (χ2v) is 29.2. The van der Waals surface area contributed by atoms with Crippen molar-refractivity contribution in [3.63, 3.8) is 0 Å². The molecule has 0 aromatic heterocycles. The van der Waals surface area contributed by atoms with Crippen molar-refractivity contribution in [2.75, 3.05) is 0 Å². The molecule has 0 saturated carbocycles. The molecule has 1 N–H and O–H groups in total. The predicted octanol–water partition coefficient (Wildman–Crippen LogP) is 16.0. The fourth-order valence-corrected chi connectivity index (χ4v) is 15.1. The molecule has 12 rings (SSSR count). The van der Waals surface area contributed by atoms with Gasteiger partial charge in [-0.3, -0.25) is 4.79 Å². The molecule has 5 aliphatic rings. The maximum Gasteiger partial charge on any atom is 0.306 e. The number of rotatable bonds is 27. The molecule has 7 aromatic carbocycles. The lowest BCUT2D eigenvalue weighted by molar-refractivity contribution is -0.414. The summed E-state index contributed by atoms with van der Waals surface area (Å²) in [6.45, 7) is 11.1. The van der Waals surface area contributed by atoms with Gasteiger partial charge < -0.3 is 80.9 Å². The number of aliphatic hydroxyl groups is 1. The van der Waals surface area contributed by atoms with Gasteiger partial charge in [0.15, 0.2) is 31.3 Å². The third-order valence-corrected chi connectivity index (χ3v) is 20.9. The second-order valence-electron chi connectivity index (χ2n) is 29.2. The zero-order chi connectivity index (χ0) is 73.9. The van der Waals surface area contributed by atoms with Crippen molar-refractivity contribution in [2.24, 2.45) is 0 Å². The number of ether oxygens (including phenoxy) is 16. The molecule has 2 bridgehead atoms. The largest absolute Gasteiger partial charge is 0.454 e. The molecule has 107 heavy (non-hydrogen) atoms. The molecular weight excluding hydrogens is 1360 g/mol. The quantitative estimate of drug-likeness (QED) is 0.0378. The molecule has 7 aromatic rings. The molecular formula is C89H112O18. The van der Waals surface area contributed by atoms with Crippen LogP contribution in [0, 0.1) is 0 Å². The summed E-state index contributed by atoms with van der Waals surface area (Å²) in [5.41, 5.74) is 6.44. The van der Waals surface area contributed by atoms with Crippen LogP contribution in [-0.4, -0.2) is 140 Å². The molecule has 0 spiro atoms. The van der Waals surface area contributed by atoms with Gasteiger partial charge in [-0.2, -0.15) is 0 Å². The average molecular weight is 1470 g/mol. The molecule has 0 radical (unpaired) electrons. The maximum absolute atomic E-state index is 14.6. The summed E-state index contributed by atoms with van der Waals surface area (Å²) in [6, 6.07) is 69.6. The van der Waals surface area contributed by atoms with Crippen molar-refractivity contribution in [3.8, 4) is 0 Å². The summed E-state index contributed by atoms with van der Waals surface area (Å²) in [4.78, 5) is 14.6. The van der Waals surface area contributed by atoms with E-state index in [1.165, 1.54) is 0 Å². The molecule has 5 saturated heterocycles. The van der Waals surface area contributed by atoms with Crippen LogP contribution in [0.15, 0.2) is 212 Å². The summed E-state index contributed by atoms with van der Waals surface area (Å²) < 4.78 is 116. The van der Waals surface area contributed by atoms with Gasteiger partial charge in [-0.25, -0.2) is 0 Å². The Labute approximate surface area is 633 Å². The molecule has 0 amide bonds. The first-order valence-electron chi connectivity index (χ1n) is 39.2. The van der Waals surface area contributed by atoms with Crippen LogP contribution >= 0.6 is 0 Å². The summed E-state index contributed by atoms with van der Waals surface area (Å²) in [5.74, 6) is -0.512. The van der Waals surface area contributed by atoms with Crippen LogP contribution in [0.4, 0.5) is 0 Å². The van der Waals surface area contributed by atoms with Gasteiger partial charge in [0.1, 0.15) is 67.1 Å². The molecule has 576 valence electrons. The smallest absolute Gasteiger partial charge is 0.306 e. The SMILES string of the molecule is CCCCC[C@H]1CCCCCCCCCC(=O)O[C@H]2[C@H](O[C@@H]3[C@@H](O[C@@H]4O[C@@H](C)[C@H](OCc5ccccc5)[C@@H](OCc5ccccc5)[C@H]4OCc4ccccc4)[C@H](O[C@H]4[C@H](O1)O[C@H](C)[C@@H](OCc1ccccc1)[C@@H]4OCc1ccccc1)O[C@H](C)[C@H]3OCc1ccccc1)O[C@H](C)[C@@H](OCc1ccccc1)[C@@H]2O. The molecule has 18 nitrogen and oxygen atoms in total. The van der Waals surface area contributed by atoms with Crippen molar-refractivity contribution in [2.45, 2.75) is 293 Å². The maximum atomic E-state index is 14.6. The van der Waals surface area contributed by atoms with E-state index in [1.807, 2.05) is 240 Å². The highest BCUT2D eigenvalue weighted by atomic mass is 16.8. The van der Waals surface area contributed by atoms with Crippen LogP contribution in [0.2, 0.25) is 0 Å². The predicted molar refractivity (Wildman–Crippen MR) is 404 cm³/mol. The first-order valence-corrected chi connectivity index (χ1v) is 39.2. The highest BCUT2D eigenvalue weighted by Crippen LogP contribution is 2.42. The summed E-state index contributed by atoms with van der Waals surface area (Å²) in [7, 11) is 0. The number of benzene rings is 7. The van der Waals surface area contributed by atoms with E-state index in [-0.39, 0.29) is 58.8 Å². The van der Waals surface area contributed by atoms with Gasteiger partial charge in [-0.1, -0.05) is 277 Å². The first-order chi connectivity index (χ1) is 52.5.